The standard InChI is InChI=1S/C14H17BrN4/c1-2-18-13(11-6-12(15)9-17-8-11)7-10-4-3-5-19-14(10)16/h3-6,8-9,13,18H,2,7H2,1H3,(H2,16,19). The molecule has 1 atom stereocenters. The van der Waals surface area contributed by atoms with Crippen LogP contribution in [0.25, 0.3) is 0 Å². The molecule has 0 aromatic carbocycles. The SMILES string of the molecule is CCNC(Cc1cccnc1N)c1cncc(Br)c1. The van der Waals surface area contributed by atoms with Crippen molar-refractivity contribution in [3.8, 4) is 0 Å². The molecule has 5 heteroatoms. The fourth-order valence-electron chi connectivity index (χ4n) is 2.02. The molecule has 2 heterocycles. The maximum Gasteiger partial charge on any atom is 0.126 e. The maximum absolute atomic E-state index is 5.91. The highest BCUT2D eigenvalue weighted by Gasteiger charge is 2.13. The van der Waals surface area contributed by atoms with E-state index >= 15 is 0 Å². The summed E-state index contributed by atoms with van der Waals surface area (Å²) >= 11 is 3.45. The van der Waals surface area contributed by atoms with E-state index in [1.54, 1.807) is 12.4 Å². The van der Waals surface area contributed by atoms with Gasteiger partial charge in [0.25, 0.3) is 0 Å². The Labute approximate surface area is 121 Å². The molecule has 0 aliphatic heterocycles. The predicted octanol–water partition coefficient (Wildman–Crippen LogP) is 2.71. The fraction of sp³-hybridized carbons (Fsp3) is 0.286. The molecule has 4 nitrogen and oxygen atoms in total. The first-order valence-electron chi connectivity index (χ1n) is 6.24. The summed E-state index contributed by atoms with van der Waals surface area (Å²) in [5.74, 6) is 0.591. The summed E-state index contributed by atoms with van der Waals surface area (Å²) in [7, 11) is 0. The summed E-state index contributed by atoms with van der Waals surface area (Å²) in [6.45, 7) is 2.97. The zero-order chi connectivity index (χ0) is 13.7. The maximum atomic E-state index is 5.91. The minimum atomic E-state index is 0.182. The summed E-state index contributed by atoms with van der Waals surface area (Å²) in [4.78, 5) is 8.35. The molecule has 1 unspecified atom stereocenters. The third kappa shape index (κ3) is 3.75. The van der Waals surface area contributed by atoms with Gasteiger partial charge in [-0.25, -0.2) is 4.98 Å². The van der Waals surface area contributed by atoms with Crippen molar-refractivity contribution in [1.29, 1.82) is 0 Å². The number of pyridine rings is 2. The molecule has 0 bridgehead atoms. The number of hydrogen-bond donors (Lipinski definition) is 2. The Balaban J connectivity index is 2.24. The van der Waals surface area contributed by atoms with Gasteiger partial charge in [-0.2, -0.15) is 0 Å². The summed E-state index contributed by atoms with van der Waals surface area (Å²) in [6, 6.07) is 6.18. The Morgan fingerprint density at radius 1 is 1.42 bits per heavy atom. The lowest BCUT2D eigenvalue weighted by Gasteiger charge is -2.19. The number of anilines is 1. The number of nitrogen functional groups attached to an aromatic ring is 1. The van der Waals surface area contributed by atoms with Crippen LogP contribution in [0.3, 0.4) is 0 Å². The molecule has 0 aliphatic rings. The van der Waals surface area contributed by atoms with Gasteiger partial charge in [0.05, 0.1) is 0 Å². The normalized spacial score (nSPS) is 12.3. The van der Waals surface area contributed by atoms with E-state index in [2.05, 4.69) is 44.2 Å². The van der Waals surface area contributed by atoms with Gasteiger partial charge in [-0.15, -0.1) is 0 Å². The molecule has 0 aliphatic carbocycles. The molecular weight excluding hydrogens is 304 g/mol. The molecule has 0 saturated heterocycles. The van der Waals surface area contributed by atoms with Crippen LogP contribution in [0.15, 0.2) is 41.3 Å². The molecule has 2 rings (SSSR count). The topological polar surface area (TPSA) is 63.8 Å². The lowest BCUT2D eigenvalue weighted by atomic mass is 10.0. The van der Waals surface area contributed by atoms with Crippen LogP contribution in [0.2, 0.25) is 0 Å². The molecule has 0 amide bonds. The number of nitrogens with one attached hydrogen (secondary N) is 1. The monoisotopic (exact) mass is 320 g/mol. The highest BCUT2D eigenvalue weighted by molar-refractivity contribution is 9.10. The quantitative estimate of drug-likeness (QED) is 0.889. The summed E-state index contributed by atoms with van der Waals surface area (Å²) < 4.78 is 0.979. The van der Waals surface area contributed by atoms with E-state index in [1.807, 2.05) is 18.3 Å². The Kier molecular flexibility index (Phi) is 4.87. The zero-order valence-corrected chi connectivity index (χ0v) is 12.4. The second-order valence-electron chi connectivity index (χ2n) is 4.30. The van der Waals surface area contributed by atoms with Crippen molar-refractivity contribution in [2.75, 3.05) is 12.3 Å². The van der Waals surface area contributed by atoms with Crippen LogP contribution >= 0.6 is 15.9 Å². The van der Waals surface area contributed by atoms with Crippen LogP contribution in [0.4, 0.5) is 5.82 Å². The van der Waals surface area contributed by atoms with Crippen LogP contribution < -0.4 is 11.1 Å². The van der Waals surface area contributed by atoms with Crippen molar-refractivity contribution in [2.24, 2.45) is 0 Å². The second kappa shape index (κ2) is 6.63. The third-order valence-corrected chi connectivity index (χ3v) is 3.36. The number of nitrogens with two attached hydrogens (primary N) is 1. The lowest BCUT2D eigenvalue weighted by Crippen LogP contribution is -2.23. The van der Waals surface area contributed by atoms with Crippen molar-refractivity contribution in [2.45, 2.75) is 19.4 Å². The Morgan fingerprint density at radius 3 is 2.95 bits per heavy atom. The Hall–Kier alpha value is -1.46. The highest BCUT2D eigenvalue weighted by Crippen LogP contribution is 2.22. The predicted molar refractivity (Wildman–Crippen MR) is 80.7 cm³/mol. The van der Waals surface area contributed by atoms with E-state index in [4.69, 9.17) is 5.73 Å². The molecule has 2 aromatic heterocycles. The van der Waals surface area contributed by atoms with E-state index < -0.39 is 0 Å². The minimum Gasteiger partial charge on any atom is -0.383 e. The van der Waals surface area contributed by atoms with Gasteiger partial charge < -0.3 is 11.1 Å². The fourth-order valence-corrected chi connectivity index (χ4v) is 2.40. The average Bonchev–Trinajstić information content (AvgIpc) is 2.40. The van der Waals surface area contributed by atoms with E-state index in [9.17, 15) is 0 Å². The third-order valence-electron chi connectivity index (χ3n) is 2.93. The number of likely N-dealkylation sites (N-methyl/N-ethyl adjacent to an activating group) is 1. The number of halogens is 1. The van der Waals surface area contributed by atoms with E-state index in [1.165, 1.54) is 0 Å². The van der Waals surface area contributed by atoms with E-state index in [-0.39, 0.29) is 6.04 Å². The van der Waals surface area contributed by atoms with Crippen molar-refractivity contribution < 1.29 is 0 Å². The number of nitrogens with zero attached hydrogens (tertiary/aromatic N) is 2. The van der Waals surface area contributed by atoms with Gasteiger partial charge in [0.15, 0.2) is 0 Å². The molecule has 0 fully saturated rings. The van der Waals surface area contributed by atoms with Crippen LogP contribution in [-0.4, -0.2) is 16.5 Å². The molecule has 100 valence electrons. The molecule has 3 N–H and O–H groups in total. The minimum absolute atomic E-state index is 0.182. The van der Waals surface area contributed by atoms with Gasteiger partial charge in [-0.3, -0.25) is 4.98 Å². The number of rotatable bonds is 5. The molecule has 19 heavy (non-hydrogen) atoms. The molecule has 2 aromatic rings. The molecule has 0 saturated carbocycles. The summed E-state index contributed by atoms with van der Waals surface area (Å²) in [6.07, 6.45) is 6.17. The van der Waals surface area contributed by atoms with Gasteiger partial charge >= 0.3 is 0 Å². The first kappa shape index (κ1) is 14.0. The van der Waals surface area contributed by atoms with Crippen molar-refractivity contribution >= 4 is 21.7 Å². The van der Waals surface area contributed by atoms with E-state index in [0.29, 0.717) is 5.82 Å². The van der Waals surface area contributed by atoms with Crippen LogP contribution in [0.5, 0.6) is 0 Å². The average molecular weight is 321 g/mol. The first-order valence-corrected chi connectivity index (χ1v) is 7.03. The van der Waals surface area contributed by atoms with Crippen molar-refractivity contribution in [3.63, 3.8) is 0 Å². The Morgan fingerprint density at radius 2 is 2.26 bits per heavy atom. The van der Waals surface area contributed by atoms with Crippen molar-refractivity contribution in [1.82, 2.24) is 15.3 Å². The highest BCUT2D eigenvalue weighted by atomic mass is 79.9. The van der Waals surface area contributed by atoms with Gasteiger partial charge in [0.1, 0.15) is 5.82 Å². The van der Waals surface area contributed by atoms with Gasteiger partial charge in [-0.05, 0) is 52.2 Å². The zero-order valence-electron chi connectivity index (χ0n) is 10.8. The first-order chi connectivity index (χ1) is 9.20. The van der Waals surface area contributed by atoms with E-state index in [0.717, 1.165) is 28.6 Å². The lowest BCUT2D eigenvalue weighted by molar-refractivity contribution is 0.548. The van der Waals surface area contributed by atoms with Crippen molar-refractivity contribution in [3.05, 3.63) is 52.4 Å². The molecular formula is C14H17BrN4. The summed E-state index contributed by atoms with van der Waals surface area (Å²) in [5.41, 5.74) is 8.10. The van der Waals surface area contributed by atoms with Gasteiger partial charge in [-0.1, -0.05) is 13.0 Å². The number of aromatic nitrogens is 2. The summed E-state index contributed by atoms with van der Waals surface area (Å²) in [5, 5.41) is 3.46. The molecule has 0 radical (unpaired) electrons. The van der Waals surface area contributed by atoms with Crippen LogP contribution in [0, 0.1) is 0 Å². The van der Waals surface area contributed by atoms with Gasteiger partial charge in [0.2, 0.25) is 0 Å². The smallest absolute Gasteiger partial charge is 0.126 e. The largest absolute Gasteiger partial charge is 0.383 e. The molecule has 0 spiro atoms. The second-order valence-corrected chi connectivity index (χ2v) is 5.21. The number of hydrogen-bond acceptors (Lipinski definition) is 4. The van der Waals surface area contributed by atoms with Gasteiger partial charge in [0, 0.05) is 29.1 Å². The van der Waals surface area contributed by atoms with Crippen LogP contribution in [-0.2, 0) is 6.42 Å². The van der Waals surface area contributed by atoms with Crippen LogP contribution in [0.1, 0.15) is 24.1 Å². The Bertz CT molecular complexity index is 544.